The molecule has 8 heteroatoms. The van der Waals surface area contributed by atoms with E-state index in [2.05, 4.69) is 4.98 Å². The van der Waals surface area contributed by atoms with Gasteiger partial charge in [0.15, 0.2) is 17.2 Å². The molecular weight excluding hydrogens is 376 g/mol. The minimum Gasteiger partial charge on any atom is -0.503 e. The SMILES string of the molecule is CCC(=O)OCC(Oc1ccccc1)C(C)C.COc1ccnc(C(N)=O)c1O. The summed E-state index contributed by atoms with van der Waals surface area (Å²) in [7, 11) is 1.37. The second kappa shape index (κ2) is 12.2. The number of nitrogens with two attached hydrogens (primary N) is 1. The molecule has 1 unspecified atom stereocenters. The largest absolute Gasteiger partial charge is 0.503 e. The number of methoxy groups -OCH3 is 1. The van der Waals surface area contributed by atoms with Crippen molar-refractivity contribution in [1.29, 1.82) is 0 Å². The number of nitrogens with zero attached hydrogens (tertiary/aromatic N) is 1. The monoisotopic (exact) mass is 404 g/mol. The van der Waals surface area contributed by atoms with Crippen LogP contribution in [0.3, 0.4) is 0 Å². The van der Waals surface area contributed by atoms with Crippen molar-refractivity contribution in [2.45, 2.75) is 33.3 Å². The fourth-order valence-corrected chi connectivity index (χ4v) is 2.09. The Balaban J connectivity index is 0.000000308. The first-order valence-corrected chi connectivity index (χ1v) is 9.19. The van der Waals surface area contributed by atoms with Crippen LogP contribution in [-0.4, -0.2) is 41.8 Å². The minimum absolute atomic E-state index is 0.104. The molecule has 0 aliphatic heterocycles. The van der Waals surface area contributed by atoms with Crippen molar-refractivity contribution in [3.8, 4) is 17.2 Å². The number of ether oxygens (including phenoxy) is 3. The minimum atomic E-state index is -0.786. The Morgan fingerprint density at radius 3 is 2.34 bits per heavy atom. The zero-order valence-corrected chi connectivity index (χ0v) is 17.1. The van der Waals surface area contributed by atoms with E-state index in [0.717, 1.165) is 5.75 Å². The van der Waals surface area contributed by atoms with Gasteiger partial charge >= 0.3 is 5.97 Å². The van der Waals surface area contributed by atoms with E-state index in [1.807, 2.05) is 44.2 Å². The van der Waals surface area contributed by atoms with Crippen LogP contribution >= 0.6 is 0 Å². The number of esters is 1. The smallest absolute Gasteiger partial charge is 0.305 e. The first-order chi connectivity index (χ1) is 13.8. The van der Waals surface area contributed by atoms with Crippen LogP contribution in [0.1, 0.15) is 37.7 Å². The van der Waals surface area contributed by atoms with Crippen molar-refractivity contribution in [3.05, 3.63) is 48.3 Å². The molecule has 158 valence electrons. The summed E-state index contributed by atoms with van der Waals surface area (Å²) in [5, 5.41) is 9.27. The van der Waals surface area contributed by atoms with Crippen molar-refractivity contribution in [2.75, 3.05) is 13.7 Å². The molecular formula is C21H28N2O6. The third-order valence-electron chi connectivity index (χ3n) is 3.81. The van der Waals surface area contributed by atoms with Crippen LogP contribution in [-0.2, 0) is 9.53 Å². The van der Waals surface area contributed by atoms with Gasteiger partial charge in [0.05, 0.1) is 7.11 Å². The van der Waals surface area contributed by atoms with E-state index >= 15 is 0 Å². The molecule has 0 aliphatic rings. The molecule has 3 N–H and O–H groups in total. The summed E-state index contributed by atoms with van der Waals surface area (Å²) < 4.78 is 15.7. The van der Waals surface area contributed by atoms with Crippen LogP contribution in [0.4, 0.5) is 0 Å². The molecule has 8 nitrogen and oxygen atoms in total. The van der Waals surface area contributed by atoms with Crippen LogP contribution in [0.2, 0.25) is 0 Å². The number of amides is 1. The van der Waals surface area contributed by atoms with Gasteiger partial charge in [-0.3, -0.25) is 9.59 Å². The van der Waals surface area contributed by atoms with Crippen molar-refractivity contribution < 1.29 is 28.9 Å². The summed E-state index contributed by atoms with van der Waals surface area (Å²) in [6.45, 7) is 6.19. The van der Waals surface area contributed by atoms with Gasteiger partial charge in [0.2, 0.25) is 0 Å². The van der Waals surface area contributed by atoms with Gasteiger partial charge in [-0.15, -0.1) is 0 Å². The summed E-state index contributed by atoms with van der Waals surface area (Å²) in [4.78, 5) is 25.3. The second-order valence-electron chi connectivity index (χ2n) is 6.32. The highest BCUT2D eigenvalue weighted by Crippen LogP contribution is 2.26. The number of hydrogen-bond acceptors (Lipinski definition) is 7. The molecule has 1 amide bonds. The van der Waals surface area contributed by atoms with Crippen LogP contribution in [0.5, 0.6) is 17.2 Å². The molecule has 0 radical (unpaired) electrons. The number of para-hydroxylation sites is 1. The highest BCUT2D eigenvalue weighted by molar-refractivity contribution is 5.94. The lowest BCUT2D eigenvalue weighted by molar-refractivity contribution is -0.146. The standard InChI is InChI=1S/C14H20O3.C7H8N2O3/c1-4-14(15)16-10-13(11(2)3)17-12-8-6-5-7-9-12;1-12-4-2-3-9-5(6(4)10)7(8)11/h5-9,11,13H,4,10H2,1-3H3;2-3,10H,1H3,(H2,8,11). The van der Waals surface area contributed by atoms with E-state index in [-0.39, 0.29) is 29.3 Å². The lowest BCUT2D eigenvalue weighted by Gasteiger charge is -2.22. The average Bonchev–Trinajstić information content (AvgIpc) is 2.71. The average molecular weight is 404 g/mol. The molecule has 1 atom stereocenters. The van der Waals surface area contributed by atoms with Crippen LogP contribution < -0.4 is 15.2 Å². The molecule has 0 saturated carbocycles. The number of rotatable bonds is 8. The zero-order valence-electron chi connectivity index (χ0n) is 17.1. The summed E-state index contributed by atoms with van der Waals surface area (Å²) in [6.07, 6.45) is 1.63. The van der Waals surface area contributed by atoms with E-state index in [1.165, 1.54) is 19.4 Å². The molecule has 2 aromatic rings. The van der Waals surface area contributed by atoms with E-state index in [0.29, 0.717) is 18.9 Å². The maximum atomic E-state index is 11.1. The second-order valence-corrected chi connectivity index (χ2v) is 6.32. The summed E-state index contributed by atoms with van der Waals surface area (Å²) in [5.41, 5.74) is 4.74. The number of pyridine rings is 1. The number of carbonyl (C=O) groups is 2. The van der Waals surface area contributed by atoms with Gasteiger partial charge in [-0.1, -0.05) is 39.0 Å². The van der Waals surface area contributed by atoms with Gasteiger partial charge in [-0.05, 0) is 18.1 Å². The van der Waals surface area contributed by atoms with E-state index in [1.54, 1.807) is 6.92 Å². The van der Waals surface area contributed by atoms with E-state index < -0.39 is 5.91 Å². The molecule has 1 aromatic carbocycles. The fraction of sp³-hybridized carbons (Fsp3) is 0.381. The highest BCUT2D eigenvalue weighted by Gasteiger charge is 2.17. The normalized spacial score (nSPS) is 11.1. The molecule has 0 fully saturated rings. The Morgan fingerprint density at radius 2 is 1.83 bits per heavy atom. The van der Waals surface area contributed by atoms with Gasteiger partial charge in [0.25, 0.3) is 5.91 Å². The van der Waals surface area contributed by atoms with Crippen LogP contribution in [0, 0.1) is 5.92 Å². The van der Waals surface area contributed by atoms with Crippen molar-refractivity contribution in [2.24, 2.45) is 11.7 Å². The number of carbonyl (C=O) groups excluding carboxylic acids is 2. The van der Waals surface area contributed by atoms with Gasteiger partial charge in [0.1, 0.15) is 18.5 Å². The van der Waals surface area contributed by atoms with E-state index in [9.17, 15) is 14.7 Å². The number of aromatic hydroxyl groups is 1. The Hall–Kier alpha value is -3.29. The Labute approximate surface area is 170 Å². The molecule has 0 aliphatic carbocycles. The quantitative estimate of drug-likeness (QED) is 0.649. The third kappa shape index (κ3) is 8.08. The molecule has 2 rings (SSSR count). The van der Waals surface area contributed by atoms with Crippen molar-refractivity contribution >= 4 is 11.9 Å². The predicted molar refractivity (Wildman–Crippen MR) is 108 cm³/mol. The maximum absolute atomic E-state index is 11.1. The molecule has 0 spiro atoms. The first-order valence-electron chi connectivity index (χ1n) is 9.19. The number of primary amides is 1. The van der Waals surface area contributed by atoms with Crippen molar-refractivity contribution in [3.63, 3.8) is 0 Å². The molecule has 0 bridgehead atoms. The number of aromatic nitrogens is 1. The molecule has 1 aromatic heterocycles. The van der Waals surface area contributed by atoms with Crippen LogP contribution in [0.25, 0.3) is 0 Å². The zero-order chi connectivity index (χ0) is 21.8. The van der Waals surface area contributed by atoms with Gasteiger partial charge < -0.3 is 25.1 Å². The van der Waals surface area contributed by atoms with Gasteiger partial charge in [-0.25, -0.2) is 4.98 Å². The Morgan fingerprint density at radius 1 is 1.17 bits per heavy atom. The fourth-order valence-electron chi connectivity index (χ4n) is 2.09. The summed E-state index contributed by atoms with van der Waals surface area (Å²) in [6, 6.07) is 11.0. The molecule has 29 heavy (non-hydrogen) atoms. The molecule has 1 heterocycles. The summed E-state index contributed by atoms with van der Waals surface area (Å²) in [5.74, 6) is -0.0244. The third-order valence-corrected chi connectivity index (χ3v) is 3.81. The van der Waals surface area contributed by atoms with Gasteiger partial charge in [0, 0.05) is 18.7 Å². The lowest BCUT2D eigenvalue weighted by Crippen LogP contribution is -2.30. The van der Waals surface area contributed by atoms with Crippen LogP contribution in [0.15, 0.2) is 42.6 Å². The topological polar surface area (TPSA) is 121 Å². The molecule has 0 saturated heterocycles. The van der Waals surface area contributed by atoms with Crippen molar-refractivity contribution in [1.82, 2.24) is 4.98 Å². The first kappa shape index (κ1) is 23.7. The number of hydrogen-bond donors (Lipinski definition) is 2. The van der Waals surface area contributed by atoms with E-state index in [4.69, 9.17) is 19.9 Å². The lowest BCUT2D eigenvalue weighted by atomic mass is 10.1. The maximum Gasteiger partial charge on any atom is 0.305 e. The summed E-state index contributed by atoms with van der Waals surface area (Å²) >= 11 is 0. The number of benzene rings is 1. The predicted octanol–water partition coefficient (Wildman–Crippen LogP) is 2.94. The Kier molecular flexibility index (Phi) is 10.0. The Bertz CT molecular complexity index is 780. The highest BCUT2D eigenvalue weighted by atomic mass is 16.6. The van der Waals surface area contributed by atoms with Gasteiger partial charge in [-0.2, -0.15) is 0 Å².